The molecule has 0 saturated carbocycles. The van der Waals surface area contributed by atoms with E-state index in [2.05, 4.69) is 0 Å². The largest absolute Gasteiger partial charge is 0.477 e. The van der Waals surface area contributed by atoms with Crippen LogP contribution >= 0.6 is 34.8 Å². The summed E-state index contributed by atoms with van der Waals surface area (Å²) >= 11 is 18.4. The van der Waals surface area contributed by atoms with Gasteiger partial charge in [0.25, 0.3) is 0 Å². The zero-order valence-corrected chi connectivity index (χ0v) is 17.5. The lowest BCUT2D eigenvalue weighted by molar-refractivity contribution is -0.633. The Morgan fingerprint density at radius 3 is 1.93 bits per heavy atom. The fourth-order valence-electron chi connectivity index (χ4n) is 3.39. The topological polar surface area (TPSA) is 67.5 Å². The molecule has 0 spiro atoms. The van der Waals surface area contributed by atoms with Gasteiger partial charge in [-0.15, -0.1) is 0 Å². The fraction of sp³-hybridized carbons (Fsp3) is 0.0455. The van der Waals surface area contributed by atoms with Gasteiger partial charge in [-0.2, -0.15) is 4.57 Å². The van der Waals surface area contributed by atoms with Gasteiger partial charge in [0, 0.05) is 12.1 Å². The van der Waals surface area contributed by atoms with Gasteiger partial charge in [0.2, 0.25) is 17.6 Å². The summed E-state index contributed by atoms with van der Waals surface area (Å²) in [4.78, 5) is 24.8. The van der Waals surface area contributed by atoms with Gasteiger partial charge in [0.05, 0.1) is 26.4 Å². The Balaban J connectivity index is 1.98. The predicted molar refractivity (Wildman–Crippen MR) is 116 cm³/mol. The molecule has 150 valence electrons. The number of carboxylic acid groups (broad SMARTS) is 1. The Morgan fingerprint density at radius 1 is 0.833 bits per heavy atom. The third kappa shape index (κ3) is 3.56. The number of halogens is 3. The maximum atomic E-state index is 13.3. The van der Waals surface area contributed by atoms with E-state index in [9.17, 15) is 14.7 Å². The van der Waals surface area contributed by atoms with Crippen LogP contribution in [0.5, 0.6) is 5.75 Å². The lowest BCUT2D eigenvalue weighted by atomic mass is 10.0. The van der Waals surface area contributed by atoms with Crippen molar-refractivity contribution in [3.05, 3.63) is 81.3 Å². The monoisotopic (exact) mass is 460 g/mol. The van der Waals surface area contributed by atoms with Gasteiger partial charge in [-0.25, -0.2) is 9.59 Å². The number of carbonyl (C=O) groups is 2. The summed E-state index contributed by atoms with van der Waals surface area (Å²) in [5, 5.41) is 10.8. The van der Waals surface area contributed by atoms with Crippen molar-refractivity contribution >= 4 is 68.5 Å². The number of aromatic nitrogens is 1. The number of benzene rings is 3. The van der Waals surface area contributed by atoms with E-state index >= 15 is 0 Å². The van der Waals surface area contributed by atoms with Gasteiger partial charge in [0.15, 0.2) is 5.75 Å². The molecule has 1 heterocycles. The maximum absolute atomic E-state index is 13.3. The van der Waals surface area contributed by atoms with Crippen molar-refractivity contribution in [2.24, 2.45) is 0 Å². The molecule has 4 aromatic rings. The Bertz CT molecular complexity index is 1280. The number of nitrogens with zero attached hydrogens (tertiary/aromatic N) is 1. The molecule has 1 N–H and O–H groups in total. The van der Waals surface area contributed by atoms with Crippen LogP contribution in [-0.2, 0) is 11.3 Å². The highest BCUT2D eigenvalue weighted by Gasteiger charge is 2.27. The number of rotatable bonds is 4. The maximum Gasteiger partial charge on any atom is 0.370 e. The standard InChI is InChI=1S/C22H12Cl3NO4/c23-14-9-10-15(24)21(20(14)25)30-22(29)19-12-5-1-3-7-16(12)26(11-18(27)28)17-8-4-2-6-13(17)19/h1-10H,11H2/p+1. The molecule has 4 rings (SSSR count). The van der Waals surface area contributed by atoms with E-state index in [1.807, 2.05) is 0 Å². The van der Waals surface area contributed by atoms with E-state index < -0.39 is 11.9 Å². The number of fused-ring (bicyclic) bond motifs is 2. The third-order valence-electron chi connectivity index (χ3n) is 4.62. The number of hydrogen-bond acceptors (Lipinski definition) is 3. The number of para-hydroxylation sites is 2. The van der Waals surface area contributed by atoms with Gasteiger partial charge in [-0.3, -0.25) is 0 Å². The summed E-state index contributed by atoms with van der Waals surface area (Å²) in [6, 6.07) is 17.0. The van der Waals surface area contributed by atoms with E-state index in [1.165, 1.54) is 12.1 Å². The Morgan fingerprint density at radius 2 is 1.37 bits per heavy atom. The molecular formula is C22H13Cl3NO4+. The molecule has 0 aliphatic carbocycles. The molecular weight excluding hydrogens is 449 g/mol. The summed E-state index contributed by atoms with van der Waals surface area (Å²) in [6.45, 7) is -0.262. The first-order chi connectivity index (χ1) is 14.4. The van der Waals surface area contributed by atoms with Crippen molar-refractivity contribution in [2.45, 2.75) is 6.54 Å². The molecule has 0 radical (unpaired) electrons. The van der Waals surface area contributed by atoms with Crippen molar-refractivity contribution < 1.29 is 24.0 Å². The second kappa shape index (κ2) is 8.11. The highest BCUT2D eigenvalue weighted by Crippen LogP contribution is 2.39. The minimum Gasteiger partial charge on any atom is -0.477 e. The SMILES string of the molecule is O=C(O)C[n+]1c2ccccc2c(C(=O)Oc2c(Cl)ccc(Cl)c2Cl)c2ccccc21. The number of pyridine rings is 1. The van der Waals surface area contributed by atoms with Crippen molar-refractivity contribution in [1.29, 1.82) is 0 Å². The first-order valence-electron chi connectivity index (χ1n) is 8.79. The van der Waals surface area contributed by atoms with Crippen LogP contribution in [0.1, 0.15) is 10.4 Å². The van der Waals surface area contributed by atoms with Crippen LogP contribution in [0.3, 0.4) is 0 Å². The summed E-state index contributed by atoms with van der Waals surface area (Å²) in [7, 11) is 0. The fourth-order valence-corrected chi connectivity index (χ4v) is 3.98. The Hall–Kier alpha value is -2.86. The summed E-state index contributed by atoms with van der Waals surface area (Å²) in [5.74, 6) is -1.72. The average molecular weight is 462 g/mol. The van der Waals surface area contributed by atoms with Crippen molar-refractivity contribution in [3.8, 4) is 5.75 Å². The highest BCUT2D eigenvalue weighted by molar-refractivity contribution is 6.45. The second-order valence-corrected chi connectivity index (χ2v) is 7.64. The van der Waals surface area contributed by atoms with E-state index in [0.29, 0.717) is 21.8 Å². The summed E-state index contributed by atoms with van der Waals surface area (Å²) in [5.41, 5.74) is 1.43. The molecule has 0 amide bonds. The quantitative estimate of drug-likeness (QED) is 0.142. The van der Waals surface area contributed by atoms with E-state index in [0.717, 1.165) is 0 Å². The molecule has 0 aliphatic heterocycles. The number of esters is 1. The van der Waals surface area contributed by atoms with E-state index in [-0.39, 0.29) is 32.9 Å². The first-order valence-corrected chi connectivity index (χ1v) is 9.92. The molecule has 0 atom stereocenters. The first kappa shape index (κ1) is 20.4. The highest BCUT2D eigenvalue weighted by atomic mass is 35.5. The van der Waals surface area contributed by atoms with Crippen LogP contribution in [0.2, 0.25) is 15.1 Å². The van der Waals surface area contributed by atoms with Gasteiger partial charge in [0.1, 0.15) is 5.02 Å². The van der Waals surface area contributed by atoms with Crippen LogP contribution < -0.4 is 9.30 Å². The Kier molecular flexibility index (Phi) is 5.52. The Labute approximate surface area is 186 Å². The van der Waals surface area contributed by atoms with Crippen LogP contribution in [-0.4, -0.2) is 17.0 Å². The van der Waals surface area contributed by atoms with Crippen LogP contribution in [0.4, 0.5) is 0 Å². The van der Waals surface area contributed by atoms with Gasteiger partial charge in [-0.05, 0) is 24.3 Å². The van der Waals surface area contributed by atoms with Crippen molar-refractivity contribution in [3.63, 3.8) is 0 Å². The van der Waals surface area contributed by atoms with Crippen LogP contribution in [0, 0.1) is 0 Å². The van der Waals surface area contributed by atoms with Gasteiger partial charge < -0.3 is 9.84 Å². The number of carboxylic acids is 1. The normalized spacial score (nSPS) is 11.0. The molecule has 0 aliphatic rings. The average Bonchev–Trinajstić information content (AvgIpc) is 2.73. The van der Waals surface area contributed by atoms with Crippen LogP contribution in [0.25, 0.3) is 21.8 Å². The number of carbonyl (C=O) groups excluding carboxylic acids is 1. The third-order valence-corrected chi connectivity index (χ3v) is 5.71. The number of aliphatic carboxylic acids is 1. The zero-order valence-electron chi connectivity index (χ0n) is 15.2. The van der Waals surface area contributed by atoms with Crippen LogP contribution in [0.15, 0.2) is 60.7 Å². The molecule has 0 saturated heterocycles. The smallest absolute Gasteiger partial charge is 0.370 e. The van der Waals surface area contributed by atoms with Gasteiger partial charge in [-0.1, -0.05) is 59.1 Å². The minimum atomic E-state index is -0.997. The lowest BCUT2D eigenvalue weighted by Gasteiger charge is -2.13. The van der Waals surface area contributed by atoms with E-state index in [4.69, 9.17) is 39.5 Å². The van der Waals surface area contributed by atoms with E-state index in [1.54, 1.807) is 53.1 Å². The van der Waals surface area contributed by atoms with Crippen molar-refractivity contribution in [2.75, 3.05) is 0 Å². The number of ether oxygens (including phenoxy) is 1. The molecule has 5 nitrogen and oxygen atoms in total. The molecule has 1 aromatic heterocycles. The molecule has 0 fully saturated rings. The second-order valence-electron chi connectivity index (χ2n) is 6.45. The lowest BCUT2D eigenvalue weighted by Crippen LogP contribution is -2.40. The van der Waals surface area contributed by atoms with Gasteiger partial charge >= 0.3 is 11.9 Å². The predicted octanol–water partition coefficient (Wildman–Crippen LogP) is 5.54. The minimum absolute atomic E-state index is 0.0306. The molecule has 0 bridgehead atoms. The molecule has 0 unspecified atom stereocenters. The molecule has 8 heteroatoms. The van der Waals surface area contributed by atoms with Crippen molar-refractivity contribution in [1.82, 2.24) is 0 Å². The summed E-state index contributed by atoms with van der Waals surface area (Å²) in [6.07, 6.45) is 0. The number of hydrogen-bond donors (Lipinski definition) is 1. The zero-order chi connectivity index (χ0) is 21.4. The molecule has 30 heavy (non-hydrogen) atoms. The summed E-state index contributed by atoms with van der Waals surface area (Å²) < 4.78 is 7.21. The molecule has 3 aromatic carbocycles.